The van der Waals surface area contributed by atoms with Crippen LogP contribution >= 0.6 is 23.1 Å². The van der Waals surface area contributed by atoms with Crippen LogP contribution in [0.1, 0.15) is 34.6 Å². The number of nitrogens with one attached hydrogen (secondary N) is 2. The zero-order valence-electron chi connectivity index (χ0n) is 14.3. The molecule has 6 nitrogen and oxygen atoms in total. The number of thioether (sulfide) groups is 1. The minimum Gasteiger partial charge on any atom is -0.355 e. The van der Waals surface area contributed by atoms with Gasteiger partial charge in [0.2, 0.25) is 5.91 Å². The third kappa shape index (κ3) is 5.45. The first-order chi connectivity index (χ1) is 11.3. The molecule has 2 N–H and O–H groups in total. The number of hydrogen-bond donors (Lipinski definition) is 2. The second kappa shape index (κ2) is 8.43. The number of carbonyl (C=O) groups is 1. The van der Waals surface area contributed by atoms with E-state index in [0.29, 0.717) is 17.4 Å². The highest BCUT2D eigenvalue weighted by molar-refractivity contribution is 8.00. The molecule has 0 bridgehead atoms. The van der Waals surface area contributed by atoms with Crippen LogP contribution in [0.2, 0.25) is 0 Å². The molecule has 2 rings (SSSR count). The fourth-order valence-corrected chi connectivity index (χ4v) is 3.93. The Hall–Kier alpha value is -1.67. The molecule has 0 spiro atoms. The van der Waals surface area contributed by atoms with E-state index >= 15 is 0 Å². The smallest absolute Gasteiger partial charge is 0.251 e. The molecular formula is C16H22N4O2S2. The van der Waals surface area contributed by atoms with Crippen LogP contribution in [0.5, 0.6) is 0 Å². The summed E-state index contributed by atoms with van der Waals surface area (Å²) in [7, 11) is 0. The monoisotopic (exact) mass is 366 g/mol. The van der Waals surface area contributed by atoms with Crippen molar-refractivity contribution in [2.24, 2.45) is 0 Å². The summed E-state index contributed by atoms with van der Waals surface area (Å²) in [5.74, 6) is -0.0596. The lowest BCUT2D eigenvalue weighted by atomic mass is 10.3. The number of aromatic amines is 1. The number of aryl methyl sites for hydroxylation is 4. The largest absolute Gasteiger partial charge is 0.355 e. The van der Waals surface area contributed by atoms with Gasteiger partial charge in [0.15, 0.2) is 5.16 Å². The molecule has 2 aromatic rings. The van der Waals surface area contributed by atoms with Gasteiger partial charge >= 0.3 is 0 Å². The van der Waals surface area contributed by atoms with E-state index in [2.05, 4.69) is 27.2 Å². The molecule has 1 amide bonds. The van der Waals surface area contributed by atoms with E-state index in [-0.39, 0.29) is 16.7 Å². The van der Waals surface area contributed by atoms with Crippen LogP contribution in [0.3, 0.4) is 0 Å². The van der Waals surface area contributed by atoms with E-state index in [1.165, 1.54) is 22.7 Å². The normalized spacial score (nSPS) is 12.2. The Bertz CT molecular complexity index is 750. The lowest BCUT2D eigenvalue weighted by Crippen LogP contribution is -2.32. The molecule has 130 valence electrons. The molecule has 0 saturated heterocycles. The van der Waals surface area contributed by atoms with Crippen molar-refractivity contribution in [1.82, 2.24) is 20.3 Å². The molecule has 1 unspecified atom stereocenters. The molecule has 0 aliphatic carbocycles. The molecule has 2 aromatic heterocycles. The summed E-state index contributed by atoms with van der Waals surface area (Å²) < 4.78 is 0. The predicted molar refractivity (Wildman–Crippen MR) is 97.8 cm³/mol. The molecule has 0 saturated carbocycles. The van der Waals surface area contributed by atoms with Crippen LogP contribution in [0, 0.1) is 20.8 Å². The van der Waals surface area contributed by atoms with Gasteiger partial charge < -0.3 is 10.3 Å². The second-order valence-corrected chi connectivity index (χ2v) is 8.21. The number of aromatic nitrogens is 3. The first-order valence-electron chi connectivity index (χ1n) is 7.80. The van der Waals surface area contributed by atoms with Gasteiger partial charge in [-0.1, -0.05) is 11.8 Å². The van der Waals surface area contributed by atoms with Crippen molar-refractivity contribution in [1.29, 1.82) is 0 Å². The van der Waals surface area contributed by atoms with Gasteiger partial charge in [-0.25, -0.2) is 9.97 Å². The highest BCUT2D eigenvalue weighted by Gasteiger charge is 2.15. The van der Waals surface area contributed by atoms with Gasteiger partial charge in [0.05, 0.1) is 16.0 Å². The minimum atomic E-state index is -0.320. The van der Waals surface area contributed by atoms with E-state index in [4.69, 9.17) is 0 Å². The number of thiazole rings is 1. The highest BCUT2D eigenvalue weighted by atomic mass is 32.2. The maximum atomic E-state index is 12.1. The molecule has 0 radical (unpaired) electrons. The van der Waals surface area contributed by atoms with Crippen molar-refractivity contribution in [2.45, 2.75) is 50.9 Å². The molecule has 1 atom stereocenters. The summed E-state index contributed by atoms with van der Waals surface area (Å²) in [4.78, 5) is 36.1. The van der Waals surface area contributed by atoms with Crippen LogP contribution < -0.4 is 10.9 Å². The van der Waals surface area contributed by atoms with Gasteiger partial charge in [-0.05, 0) is 34.1 Å². The first kappa shape index (κ1) is 18.7. The fourth-order valence-electron chi connectivity index (χ4n) is 2.07. The van der Waals surface area contributed by atoms with Crippen LogP contribution in [0.15, 0.2) is 16.0 Å². The SMILES string of the molecule is Cc1cc(=O)[nH]c(SC(C)C(=O)NCCCc2nc(C)c(C)s2)n1. The van der Waals surface area contributed by atoms with Gasteiger partial charge in [0, 0.05) is 29.6 Å². The molecular weight excluding hydrogens is 344 g/mol. The van der Waals surface area contributed by atoms with Crippen molar-refractivity contribution >= 4 is 29.0 Å². The quantitative estimate of drug-likeness (QED) is 0.446. The summed E-state index contributed by atoms with van der Waals surface area (Å²) in [6.45, 7) is 8.25. The summed E-state index contributed by atoms with van der Waals surface area (Å²) in [6.07, 6.45) is 1.73. The number of carbonyl (C=O) groups excluding carboxylic acids is 1. The molecule has 0 aliphatic heterocycles. The van der Waals surface area contributed by atoms with Crippen molar-refractivity contribution in [2.75, 3.05) is 6.54 Å². The number of amides is 1. The Balaban J connectivity index is 1.76. The summed E-state index contributed by atoms with van der Waals surface area (Å²) in [6, 6.07) is 1.43. The lowest BCUT2D eigenvalue weighted by Gasteiger charge is -2.11. The Morgan fingerprint density at radius 1 is 1.38 bits per heavy atom. The Kier molecular flexibility index (Phi) is 6.56. The second-order valence-electron chi connectivity index (χ2n) is 5.60. The van der Waals surface area contributed by atoms with Crippen molar-refractivity contribution in [3.8, 4) is 0 Å². The Labute approximate surface area is 149 Å². The zero-order valence-corrected chi connectivity index (χ0v) is 15.9. The van der Waals surface area contributed by atoms with Gasteiger partial charge in [-0.3, -0.25) is 9.59 Å². The van der Waals surface area contributed by atoms with Gasteiger partial charge in [-0.2, -0.15) is 0 Å². The molecule has 0 fully saturated rings. The van der Waals surface area contributed by atoms with E-state index in [1.807, 2.05) is 6.92 Å². The maximum absolute atomic E-state index is 12.1. The molecule has 2 heterocycles. The van der Waals surface area contributed by atoms with Gasteiger partial charge in [-0.15, -0.1) is 11.3 Å². The molecule has 24 heavy (non-hydrogen) atoms. The highest BCUT2D eigenvalue weighted by Crippen LogP contribution is 2.19. The molecule has 0 aromatic carbocycles. The predicted octanol–water partition coefficient (Wildman–Crippen LogP) is 2.38. The van der Waals surface area contributed by atoms with Gasteiger partial charge in [0.1, 0.15) is 0 Å². The first-order valence-corrected chi connectivity index (χ1v) is 9.50. The van der Waals surface area contributed by atoms with Gasteiger partial charge in [0.25, 0.3) is 5.56 Å². The topological polar surface area (TPSA) is 87.7 Å². The van der Waals surface area contributed by atoms with Crippen LogP contribution in [-0.4, -0.2) is 32.7 Å². The maximum Gasteiger partial charge on any atom is 0.251 e. The van der Waals surface area contributed by atoms with Crippen molar-refractivity contribution < 1.29 is 4.79 Å². The lowest BCUT2D eigenvalue weighted by molar-refractivity contribution is -0.120. The number of H-pyrrole nitrogens is 1. The van der Waals surface area contributed by atoms with Crippen LogP contribution in [0.4, 0.5) is 0 Å². The van der Waals surface area contributed by atoms with E-state index < -0.39 is 0 Å². The van der Waals surface area contributed by atoms with Crippen LogP contribution in [-0.2, 0) is 11.2 Å². The molecule has 8 heteroatoms. The minimum absolute atomic E-state index is 0.0596. The molecule has 0 aliphatic rings. The standard InChI is InChI=1S/C16H22N4O2S2/c1-9-8-13(21)20-16(18-9)24-12(4)15(22)17-7-5-6-14-19-10(2)11(3)23-14/h8,12H,5-7H2,1-4H3,(H,17,22)(H,18,20,21). The van der Waals surface area contributed by atoms with Crippen molar-refractivity contribution in [3.63, 3.8) is 0 Å². The average molecular weight is 367 g/mol. The van der Waals surface area contributed by atoms with Crippen molar-refractivity contribution in [3.05, 3.63) is 37.7 Å². The van der Waals surface area contributed by atoms with E-state index in [9.17, 15) is 9.59 Å². The van der Waals surface area contributed by atoms with E-state index in [1.54, 1.807) is 25.2 Å². The average Bonchev–Trinajstić information content (AvgIpc) is 2.80. The summed E-state index contributed by atoms with van der Waals surface area (Å²) in [5.41, 5.74) is 1.53. The zero-order chi connectivity index (χ0) is 17.7. The van der Waals surface area contributed by atoms with Crippen LogP contribution in [0.25, 0.3) is 0 Å². The third-order valence-electron chi connectivity index (χ3n) is 3.45. The Morgan fingerprint density at radius 2 is 2.12 bits per heavy atom. The number of rotatable bonds is 7. The van der Waals surface area contributed by atoms with E-state index in [0.717, 1.165) is 23.5 Å². The number of nitrogens with zero attached hydrogens (tertiary/aromatic N) is 2. The number of hydrogen-bond acceptors (Lipinski definition) is 6. The third-order valence-corrected chi connectivity index (χ3v) is 5.56. The summed E-state index contributed by atoms with van der Waals surface area (Å²) in [5, 5.41) is 4.18. The fraction of sp³-hybridized carbons (Fsp3) is 0.500. The Morgan fingerprint density at radius 3 is 2.75 bits per heavy atom. The summed E-state index contributed by atoms with van der Waals surface area (Å²) >= 11 is 2.96.